The van der Waals surface area contributed by atoms with E-state index in [1.54, 1.807) is 24.3 Å². The molecule has 13 nitrogen and oxygen atoms in total. The lowest BCUT2D eigenvalue weighted by Crippen LogP contribution is -2.54. The number of hydrogen-bond donors (Lipinski definition) is 6. The number of nitrogens with two attached hydrogens (primary N) is 1. The molecule has 0 aliphatic rings. The highest BCUT2D eigenvalue weighted by atomic mass is 16.5. The topological polar surface area (TPSA) is 190 Å². The molecule has 7 N–H and O–H groups in total. The van der Waals surface area contributed by atoms with Crippen LogP contribution in [-0.2, 0) is 30.5 Å². The Balaban J connectivity index is 2.72. The molecule has 0 spiro atoms. The number of hydrogen-bond acceptors (Lipinski definition) is 7. The monoisotopic (exact) mass is 789 g/mol. The number of rotatable bonds is 24. The van der Waals surface area contributed by atoms with E-state index in [0.717, 1.165) is 37.7 Å². The number of ether oxygens (including phenoxy) is 2. The number of unbranched alkanes of at least 4 members (excludes halogenated alkanes) is 2. The summed E-state index contributed by atoms with van der Waals surface area (Å²) in [6.45, 7) is 26.8. The third-order valence-electron chi connectivity index (χ3n) is 10.5. The Morgan fingerprint density at radius 2 is 1.38 bits per heavy atom. The lowest BCUT2D eigenvalue weighted by Gasteiger charge is -2.39. The third-order valence-corrected chi connectivity index (χ3v) is 10.5. The fraction of sp³-hybridized carbons (Fsp3) is 0.744. The van der Waals surface area contributed by atoms with Crippen molar-refractivity contribution in [1.82, 2.24) is 21.3 Å². The zero-order valence-corrected chi connectivity index (χ0v) is 36.7. The van der Waals surface area contributed by atoms with Gasteiger partial charge in [0.2, 0.25) is 17.7 Å². The molecule has 0 saturated heterocycles. The van der Waals surface area contributed by atoms with E-state index in [-0.39, 0.29) is 47.6 Å². The van der Waals surface area contributed by atoms with Crippen LogP contribution in [0.1, 0.15) is 146 Å². The van der Waals surface area contributed by atoms with E-state index in [4.69, 9.17) is 15.2 Å². The minimum absolute atomic E-state index is 0.0343. The van der Waals surface area contributed by atoms with Gasteiger partial charge >= 0.3 is 12.1 Å². The van der Waals surface area contributed by atoms with Gasteiger partial charge in [0.05, 0.1) is 5.60 Å². The molecule has 2 atom stereocenters. The summed E-state index contributed by atoms with van der Waals surface area (Å²) in [4.78, 5) is 63.3. The van der Waals surface area contributed by atoms with Crippen molar-refractivity contribution >= 4 is 35.5 Å². The van der Waals surface area contributed by atoms with Crippen molar-refractivity contribution in [3.05, 3.63) is 29.8 Å². The van der Waals surface area contributed by atoms with Crippen LogP contribution in [0.5, 0.6) is 0 Å². The maximum Gasteiger partial charge on any atom is 0.407 e. The molecule has 0 aromatic heterocycles. The molecule has 0 bridgehead atoms. The number of primary amides is 1. The standard InChI is InChI=1S/C43H76N6O7/c1-30(2)35(49-34(50)18-14-13-15-23-40(3,4)5)37(52)48-33(17-16-26-45-38(44)53)36(51)47-32-21-19-31(20-22-32)29-55-39(54)46-27-24-43(11,12)56-28-25-42(9,10)41(6,7)8/h19-22,30,33,35H,13-18,23-29H2,1-12H3,(H,46,54)(H,47,51)(H,48,52)(H,49,50)(H3,44,45,53)/t33-,35?/m0/s1. The lowest BCUT2D eigenvalue weighted by molar-refractivity contribution is -0.132. The summed E-state index contributed by atoms with van der Waals surface area (Å²) in [6.07, 6.45) is 5.70. The fourth-order valence-electron chi connectivity index (χ4n) is 5.56. The summed E-state index contributed by atoms with van der Waals surface area (Å²) in [5.41, 5.74) is 6.53. The van der Waals surface area contributed by atoms with E-state index in [1.165, 1.54) is 0 Å². The average Bonchev–Trinajstić information content (AvgIpc) is 3.06. The van der Waals surface area contributed by atoms with E-state index in [2.05, 4.69) is 82.0 Å². The molecule has 0 heterocycles. The van der Waals surface area contributed by atoms with Gasteiger partial charge in [-0.2, -0.15) is 0 Å². The number of urea groups is 1. The third kappa shape index (κ3) is 21.4. The number of amides is 6. The smallest absolute Gasteiger partial charge is 0.407 e. The molecule has 0 aliphatic carbocycles. The van der Waals surface area contributed by atoms with Crippen LogP contribution in [0.15, 0.2) is 24.3 Å². The highest BCUT2D eigenvalue weighted by molar-refractivity contribution is 5.98. The summed E-state index contributed by atoms with van der Waals surface area (Å²) in [5, 5.41) is 13.8. The summed E-state index contributed by atoms with van der Waals surface area (Å²) in [5.74, 6) is -1.36. The minimum atomic E-state index is -0.954. The molecule has 1 rings (SSSR count). The summed E-state index contributed by atoms with van der Waals surface area (Å²) in [6, 6.07) is 4.36. The van der Waals surface area contributed by atoms with Gasteiger partial charge in [-0.05, 0) is 92.2 Å². The van der Waals surface area contributed by atoms with Gasteiger partial charge < -0.3 is 41.8 Å². The SMILES string of the molecule is CC(C)C(NC(=O)CCCCCC(C)(C)C)C(=O)N[C@@H](CCCNC(N)=O)C(=O)Nc1ccc(COC(=O)NCCC(C)(C)OCCC(C)(C)C(C)(C)C)cc1. The molecule has 0 fully saturated rings. The molecular weight excluding hydrogens is 713 g/mol. The molecular formula is C43H76N6O7. The van der Waals surface area contributed by atoms with E-state index in [0.29, 0.717) is 38.1 Å². The molecule has 1 aromatic rings. The first kappa shape index (κ1) is 50.1. The molecule has 0 saturated carbocycles. The number of carbonyl (C=O) groups excluding carboxylic acids is 5. The van der Waals surface area contributed by atoms with Crippen LogP contribution in [0.4, 0.5) is 15.3 Å². The van der Waals surface area contributed by atoms with Gasteiger partial charge in [-0.3, -0.25) is 14.4 Å². The number of anilines is 1. The van der Waals surface area contributed by atoms with Crippen LogP contribution in [-0.4, -0.2) is 67.2 Å². The van der Waals surface area contributed by atoms with Crippen LogP contribution in [0.2, 0.25) is 0 Å². The maximum atomic E-state index is 13.5. The summed E-state index contributed by atoms with van der Waals surface area (Å²) >= 11 is 0. The van der Waals surface area contributed by atoms with Crippen molar-refractivity contribution in [2.75, 3.05) is 25.0 Å². The molecule has 1 aromatic carbocycles. The van der Waals surface area contributed by atoms with Gasteiger partial charge in [0, 0.05) is 31.8 Å². The molecule has 6 amide bonds. The largest absolute Gasteiger partial charge is 0.445 e. The fourth-order valence-corrected chi connectivity index (χ4v) is 5.56. The minimum Gasteiger partial charge on any atom is -0.445 e. The van der Waals surface area contributed by atoms with E-state index in [9.17, 15) is 24.0 Å². The van der Waals surface area contributed by atoms with Crippen molar-refractivity contribution in [2.45, 2.75) is 165 Å². The Morgan fingerprint density at radius 1 is 0.732 bits per heavy atom. The highest BCUT2D eigenvalue weighted by Crippen LogP contribution is 2.41. The van der Waals surface area contributed by atoms with Gasteiger partial charge in [0.25, 0.3) is 0 Å². The average molecular weight is 789 g/mol. The lowest BCUT2D eigenvalue weighted by atomic mass is 9.67. The second-order valence-corrected chi connectivity index (χ2v) is 18.8. The van der Waals surface area contributed by atoms with Crippen molar-refractivity contribution in [1.29, 1.82) is 0 Å². The first-order valence-corrected chi connectivity index (χ1v) is 20.4. The quantitative estimate of drug-likeness (QED) is 0.0583. The highest BCUT2D eigenvalue weighted by Gasteiger charge is 2.33. The molecule has 56 heavy (non-hydrogen) atoms. The van der Waals surface area contributed by atoms with Crippen LogP contribution in [0.3, 0.4) is 0 Å². The van der Waals surface area contributed by atoms with Gasteiger partial charge in [-0.1, -0.05) is 94.2 Å². The maximum absolute atomic E-state index is 13.5. The van der Waals surface area contributed by atoms with E-state index >= 15 is 0 Å². The normalized spacial score (nSPS) is 13.4. The van der Waals surface area contributed by atoms with Crippen LogP contribution >= 0.6 is 0 Å². The predicted octanol–water partition coefficient (Wildman–Crippen LogP) is 7.57. The molecule has 320 valence electrons. The first-order valence-electron chi connectivity index (χ1n) is 20.4. The van der Waals surface area contributed by atoms with Crippen LogP contribution in [0, 0.1) is 22.2 Å². The Labute approximate surface area is 337 Å². The van der Waals surface area contributed by atoms with E-state index in [1.807, 2.05) is 27.7 Å². The van der Waals surface area contributed by atoms with Gasteiger partial charge in [-0.25, -0.2) is 9.59 Å². The van der Waals surface area contributed by atoms with E-state index < -0.39 is 41.6 Å². The number of benzene rings is 1. The summed E-state index contributed by atoms with van der Waals surface area (Å²) in [7, 11) is 0. The number of carbonyl (C=O) groups is 5. The second kappa shape index (κ2) is 23.4. The van der Waals surface area contributed by atoms with Crippen molar-refractivity contribution in [2.24, 2.45) is 27.9 Å². The summed E-state index contributed by atoms with van der Waals surface area (Å²) < 4.78 is 11.6. The molecule has 1 unspecified atom stereocenters. The number of nitrogens with one attached hydrogen (secondary N) is 5. The zero-order chi connectivity index (χ0) is 42.7. The van der Waals surface area contributed by atoms with Crippen molar-refractivity contribution in [3.63, 3.8) is 0 Å². The molecule has 13 heteroatoms. The Bertz CT molecular complexity index is 1380. The van der Waals surface area contributed by atoms with Gasteiger partial charge in [-0.15, -0.1) is 0 Å². The predicted molar refractivity (Wildman–Crippen MR) is 224 cm³/mol. The molecule has 0 aliphatic heterocycles. The zero-order valence-electron chi connectivity index (χ0n) is 36.7. The Kier molecular flexibility index (Phi) is 20.9. The van der Waals surface area contributed by atoms with Crippen LogP contribution in [0.25, 0.3) is 0 Å². The molecule has 0 radical (unpaired) electrons. The van der Waals surface area contributed by atoms with Crippen LogP contribution < -0.4 is 32.3 Å². The van der Waals surface area contributed by atoms with Crippen molar-refractivity contribution < 1.29 is 33.4 Å². The van der Waals surface area contributed by atoms with Gasteiger partial charge in [0.1, 0.15) is 18.7 Å². The van der Waals surface area contributed by atoms with Crippen molar-refractivity contribution in [3.8, 4) is 0 Å². The Morgan fingerprint density at radius 3 is 1.95 bits per heavy atom. The first-order chi connectivity index (χ1) is 25.8. The Hall–Kier alpha value is -3.87. The second-order valence-electron chi connectivity index (χ2n) is 18.8. The number of alkyl carbamates (subject to hydrolysis) is 1. The van der Waals surface area contributed by atoms with Gasteiger partial charge in [0.15, 0.2) is 0 Å².